The van der Waals surface area contributed by atoms with E-state index in [-0.39, 0.29) is 0 Å². The normalized spacial score (nSPS) is 12.6. The van der Waals surface area contributed by atoms with Crippen LogP contribution in [0.2, 0.25) is 0 Å². The maximum absolute atomic E-state index is 13.6. The van der Waals surface area contributed by atoms with E-state index in [2.05, 4.69) is 5.43 Å². The molecule has 5 nitrogen and oxygen atoms in total. The fourth-order valence-corrected chi connectivity index (χ4v) is 4.21. The minimum atomic E-state index is -1.96. The van der Waals surface area contributed by atoms with Gasteiger partial charge in [0.1, 0.15) is 0 Å². The summed E-state index contributed by atoms with van der Waals surface area (Å²) in [7, 11) is 0. The van der Waals surface area contributed by atoms with Crippen molar-refractivity contribution in [2.24, 2.45) is 0 Å². The van der Waals surface area contributed by atoms with Crippen LogP contribution in [0, 0.1) is 6.92 Å². The molecule has 1 heterocycles. The molecule has 0 spiro atoms. The van der Waals surface area contributed by atoms with Gasteiger partial charge in [-0.2, -0.15) is 0 Å². The number of rotatable bonds is 5. The summed E-state index contributed by atoms with van der Waals surface area (Å²) in [4.78, 5) is 27.4. The summed E-state index contributed by atoms with van der Waals surface area (Å²) < 4.78 is 0. The molecular weight excluding hydrogens is 420 g/mol. The van der Waals surface area contributed by atoms with E-state index in [1.54, 1.807) is 78.2 Å². The number of hydrazine groups is 1. The molecule has 2 N–H and O–H groups in total. The Kier molecular flexibility index (Phi) is 6.16. The zero-order chi connectivity index (χ0) is 22.6. The third kappa shape index (κ3) is 4.19. The number of nitrogens with zero attached hydrogens (tertiary/aromatic N) is 1. The number of thiophene rings is 1. The standard InChI is InChI=1S/C26H22N2O3S/c1-19-14-16-22(17-15-19)28(24(29)20-9-4-2-5-10-20)27-25(30)26(31,23-13-8-18-32-23)21-11-6-3-7-12-21/h2-18,31H,1H3,(H,27,30). The number of nitrogens with one attached hydrogen (secondary N) is 1. The highest BCUT2D eigenvalue weighted by Crippen LogP contribution is 2.33. The highest BCUT2D eigenvalue weighted by atomic mass is 32.1. The van der Waals surface area contributed by atoms with Gasteiger partial charge < -0.3 is 5.11 Å². The number of benzene rings is 3. The zero-order valence-electron chi connectivity index (χ0n) is 17.4. The van der Waals surface area contributed by atoms with Crippen molar-refractivity contribution in [3.63, 3.8) is 0 Å². The van der Waals surface area contributed by atoms with E-state index in [9.17, 15) is 14.7 Å². The number of amides is 2. The second-order valence-electron chi connectivity index (χ2n) is 7.34. The van der Waals surface area contributed by atoms with E-state index in [4.69, 9.17) is 0 Å². The third-order valence-electron chi connectivity index (χ3n) is 5.13. The highest BCUT2D eigenvalue weighted by molar-refractivity contribution is 7.10. The molecule has 32 heavy (non-hydrogen) atoms. The fraction of sp³-hybridized carbons (Fsp3) is 0.0769. The van der Waals surface area contributed by atoms with Crippen LogP contribution < -0.4 is 10.4 Å². The van der Waals surface area contributed by atoms with Gasteiger partial charge in [0.15, 0.2) is 0 Å². The van der Waals surface area contributed by atoms with Gasteiger partial charge in [-0.25, -0.2) is 5.01 Å². The van der Waals surface area contributed by atoms with Crippen LogP contribution in [0.5, 0.6) is 0 Å². The summed E-state index contributed by atoms with van der Waals surface area (Å²) in [6.07, 6.45) is 0. The molecule has 0 aliphatic carbocycles. The van der Waals surface area contributed by atoms with Gasteiger partial charge in [0.2, 0.25) is 5.60 Å². The van der Waals surface area contributed by atoms with Crippen LogP contribution in [0.3, 0.4) is 0 Å². The number of hydrogen-bond donors (Lipinski definition) is 2. The fourth-order valence-electron chi connectivity index (χ4n) is 3.37. The largest absolute Gasteiger partial charge is 0.371 e. The lowest BCUT2D eigenvalue weighted by Crippen LogP contribution is -2.54. The molecule has 0 saturated carbocycles. The van der Waals surface area contributed by atoms with E-state index in [1.807, 2.05) is 31.2 Å². The third-order valence-corrected chi connectivity index (χ3v) is 6.11. The van der Waals surface area contributed by atoms with Crippen molar-refractivity contribution in [3.05, 3.63) is 124 Å². The second kappa shape index (κ2) is 9.18. The quantitative estimate of drug-likeness (QED) is 0.441. The van der Waals surface area contributed by atoms with Crippen LogP contribution in [-0.4, -0.2) is 16.9 Å². The molecule has 0 radical (unpaired) electrons. The SMILES string of the molecule is Cc1ccc(N(NC(=O)C(O)(c2ccccc2)c2cccs2)C(=O)c2ccccc2)cc1. The second-order valence-corrected chi connectivity index (χ2v) is 8.28. The Hall–Kier alpha value is -3.74. The topological polar surface area (TPSA) is 69.6 Å². The smallest absolute Gasteiger partial charge is 0.281 e. The molecule has 1 atom stereocenters. The van der Waals surface area contributed by atoms with Gasteiger partial charge in [0, 0.05) is 5.56 Å². The van der Waals surface area contributed by atoms with Crippen molar-refractivity contribution >= 4 is 28.8 Å². The number of carbonyl (C=O) groups is 2. The van der Waals surface area contributed by atoms with Gasteiger partial charge in [0.25, 0.3) is 11.8 Å². The van der Waals surface area contributed by atoms with Crippen molar-refractivity contribution in [2.45, 2.75) is 12.5 Å². The number of anilines is 1. The molecule has 4 rings (SSSR count). The van der Waals surface area contributed by atoms with Gasteiger partial charge >= 0.3 is 0 Å². The highest BCUT2D eigenvalue weighted by Gasteiger charge is 2.42. The summed E-state index contributed by atoms with van der Waals surface area (Å²) in [5, 5.41) is 14.6. The van der Waals surface area contributed by atoms with Crippen LogP contribution in [0.1, 0.15) is 26.4 Å². The van der Waals surface area contributed by atoms with Crippen LogP contribution in [0.4, 0.5) is 5.69 Å². The first-order chi connectivity index (χ1) is 15.5. The summed E-state index contributed by atoms with van der Waals surface area (Å²) >= 11 is 1.27. The van der Waals surface area contributed by atoms with Crippen molar-refractivity contribution in [1.82, 2.24) is 5.43 Å². The predicted octanol–water partition coefficient (Wildman–Crippen LogP) is 4.67. The molecule has 0 bridgehead atoms. The van der Waals surface area contributed by atoms with Crippen LogP contribution in [0.15, 0.2) is 102 Å². The van der Waals surface area contributed by atoms with Crippen molar-refractivity contribution in [3.8, 4) is 0 Å². The van der Waals surface area contributed by atoms with E-state index in [0.717, 1.165) is 5.56 Å². The predicted molar refractivity (Wildman–Crippen MR) is 126 cm³/mol. The van der Waals surface area contributed by atoms with Crippen molar-refractivity contribution < 1.29 is 14.7 Å². The maximum atomic E-state index is 13.6. The average Bonchev–Trinajstić information content (AvgIpc) is 3.39. The van der Waals surface area contributed by atoms with Crippen molar-refractivity contribution in [2.75, 3.05) is 5.01 Å². The number of carbonyl (C=O) groups excluding carboxylic acids is 2. The Labute approximate surface area is 190 Å². The van der Waals surface area contributed by atoms with Gasteiger partial charge in [-0.15, -0.1) is 11.3 Å². The van der Waals surface area contributed by atoms with E-state index in [1.165, 1.54) is 16.3 Å². The number of aryl methyl sites for hydroxylation is 1. The lowest BCUT2D eigenvalue weighted by molar-refractivity contribution is -0.136. The lowest BCUT2D eigenvalue weighted by Gasteiger charge is -2.31. The summed E-state index contributed by atoms with van der Waals surface area (Å²) in [5.41, 5.74) is 3.05. The molecule has 2 amide bonds. The van der Waals surface area contributed by atoms with E-state index >= 15 is 0 Å². The minimum absolute atomic E-state index is 0.410. The van der Waals surface area contributed by atoms with Gasteiger partial charge in [-0.3, -0.25) is 15.0 Å². The Bertz CT molecular complexity index is 1190. The lowest BCUT2D eigenvalue weighted by atomic mass is 9.91. The molecule has 4 aromatic rings. The van der Waals surface area contributed by atoms with Gasteiger partial charge in [-0.05, 0) is 48.2 Å². The van der Waals surface area contributed by atoms with Crippen molar-refractivity contribution in [1.29, 1.82) is 0 Å². The summed E-state index contributed by atoms with van der Waals surface area (Å²) in [5.74, 6) is -1.14. The van der Waals surface area contributed by atoms with Crippen LogP contribution >= 0.6 is 11.3 Å². The molecule has 0 aliphatic rings. The molecule has 1 unspecified atom stereocenters. The Morgan fingerprint density at radius 2 is 1.47 bits per heavy atom. The summed E-state index contributed by atoms with van der Waals surface area (Å²) in [6, 6.07) is 28.1. The summed E-state index contributed by atoms with van der Waals surface area (Å²) in [6.45, 7) is 1.94. The molecule has 6 heteroatoms. The number of aliphatic hydroxyl groups is 1. The van der Waals surface area contributed by atoms with Crippen LogP contribution in [0.25, 0.3) is 0 Å². The molecule has 0 aliphatic heterocycles. The maximum Gasteiger partial charge on any atom is 0.281 e. The first-order valence-corrected chi connectivity index (χ1v) is 11.0. The molecule has 0 saturated heterocycles. The first-order valence-electron chi connectivity index (χ1n) is 10.1. The average molecular weight is 443 g/mol. The molecular formula is C26H22N2O3S. The zero-order valence-corrected chi connectivity index (χ0v) is 18.3. The van der Waals surface area contributed by atoms with E-state index in [0.29, 0.717) is 21.7 Å². The minimum Gasteiger partial charge on any atom is -0.371 e. The molecule has 0 fully saturated rings. The molecule has 160 valence electrons. The van der Waals surface area contributed by atoms with Crippen LogP contribution in [-0.2, 0) is 10.4 Å². The Morgan fingerprint density at radius 1 is 0.844 bits per heavy atom. The van der Waals surface area contributed by atoms with Gasteiger partial charge in [-0.1, -0.05) is 72.3 Å². The first kappa shape index (κ1) is 21.5. The Morgan fingerprint density at radius 3 is 2.06 bits per heavy atom. The Balaban J connectivity index is 1.76. The number of hydrogen-bond acceptors (Lipinski definition) is 4. The van der Waals surface area contributed by atoms with E-state index < -0.39 is 17.4 Å². The molecule has 3 aromatic carbocycles. The molecule has 1 aromatic heterocycles. The van der Waals surface area contributed by atoms with Gasteiger partial charge in [0.05, 0.1) is 10.6 Å². The monoisotopic (exact) mass is 442 g/mol.